The van der Waals surface area contributed by atoms with Crippen LogP contribution in [0.3, 0.4) is 0 Å². The van der Waals surface area contributed by atoms with Gasteiger partial charge in [-0.25, -0.2) is 0 Å². The maximum absolute atomic E-state index is 5.90. The number of halogens is 3. The van der Waals surface area contributed by atoms with Crippen LogP contribution >= 0.6 is 35.0 Å². The predicted octanol–water partition coefficient (Wildman–Crippen LogP) is 4.88. The van der Waals surface area contributed by atoms with Crippen molar-refractivity contribution < 1.29 is 0 Å². The zero-order valence-electron chi connectivity index (χ0n) is 8.32. The van der Waals surface area contributed by atoms with Gasteiger partial charge in [-0.15, -0.1) is 52.5 Å². The van der Waals surface area contributed by atoms with Crippen molar-refractivity contribution >= 4 is 59.9 Å². The highest BCUT2D eigenvalue weighted by molar-refractivity contribution is 9.23. The maximum Gasteiger partial charge on any atom is 0.472 e. The number of hydrogen-bond acceptors (Lipinski definition) is 0. The molecule has 0 rings (SSSR count). The van der Waals surface area contributed by atoms with Crippen LogP contribution < -0.4 is 0 Å². The van der Waals surface area contributed by atoms with Crippen molar-refractivity contribution in [2.45, 2.75) is 16.6 Å². The van der Waals surface area contributed by atoms with E-state index in [1.54, 1.807) is 12.2 Å². The molecule has 0 aliphatic heterocycles. The van der Waals surface area contributed by atoms with Crippen LogP contribution in [0.1, 0.15) is 0 Å². The zero-order valence-corrected chi connectivity index (χ0v) is 13.8. The Morgan fingerprint density at radius 1 is 1.07 bits per heavy atom. The maximum atomic E-state index is 5.90. The van der Waals surface area contributed by atoms with Crippen LogP contribution in [0.15, 0.2) is 38.0 Å². The Hall–Kier alpha value is 1.26. The van der Waals surface area contributed by atoms with E-state index in [9.17, 15) is 0 Å². The van der Waals surface area contributed by atoms with Crippen LogP contribution in [0.5, 0.6) is 0 Å². The molecule has 0 saturated carbocycles. The molecule has 0 fully saturated rings. The van der Waals surface area contributed by atoms with Crippen LogP contribution in [0, 0.1) is 0 Å². The molecule has 0 nitrogen and oxygen atoms in total. The lowest BCUT2D eigenvalue weighted by Crippen LogP contribution is -2.15. The summed E-state index contributed by atoms with van der Waals surface area (Å²) in [6, 6.07) is 1.48. The molecule has 5 heteroatoms. The fourth-order valence-corrected chi connectivity index (χ4v) is 4.03. The second-order valence-electron chi connectivity index (χ2n) is 2.61. The molecule has 0 radical (unpaired) electrons. The smallest absolute Gasteiger partial charge is 0.306 e. The molecule has 0 heterocycles. The summed E-state index contributed by atoms with van der Waals surface area (Å²) >= 11 is 15.3. The summed E-state index contributed by atoms with van der Waals surface area (Å²) in [5.41, 5.74) is 0. The van der Waals surface area contributed by atoms with E-state index >= 15 is 0 Å². The van der Waals surface area contributed by atoms with E-state index < -0.39 is 6.69 Å². The van der Waals surface area contributed by atoms with Gasteiger partial charge in [-0.2, -0.15) is 0 Å². The van der Waals surface area contributed by atoms with Crippen LogP contribution in [-0.4, -0.2) is 24.9 Å². The fraction of sp³-hybridized carbons (Fsp3) is 0.333. The van der Waals surface area contributed by atoms with Crippen molar-refractivity contribution in [1.82, 2.24) is 0 Å². The van der Waals surface area contributed by atoms with Crippen LogP contribution in [0.4, 0.5) is 0 Å². The normalized spacial score (nSPS) is 9.07. The van der Waals surface area contributed by atoms with Gasteiger partial charge in [0.15, 0.2) is 0 Å². The van der Waals surface area contributed by atoms with Gasteiger partial charge >= 0.3 is 18.2 Å². The average molecular weight is 326 g/mol. The number of hydrogen-bond donors (Lipinski definition) is 0. The minimum atomic E-state index is -1.99. The standard InChI is InChI=1S/C6H10Cl2Si.C3H5.BrH.Mg/c1-3-5-9(7,8)6-4-2;1-3-2;;/h3-4H,1-2,5-6H2;3H,1-2H2;1H;/q;;;+1/p-1. The Bertz CT molecular complexity index is 162. The van der Waals surface area contributed by atoms with Crippen molar-refractivity contribution in [2.75, 3.05) is 0 Å². The van der Waals surface area contributed by atoms with Gasteiger partial charge in [-0.05, 0) is 12.1 Å². The molecular formula is C9H15BrCl2MgSi. The summed E-state index contributed by atoms with van der Waals surface area (Å²) in [5, 5.41) is 0. The van der Waals surface area contributed by atoms with Crippen molar-refractivity contribution in [1.29, 1.82) is 0 Å². The molecule has 0 aliphatic rings. The molecule has 0 saturated heterocycles. The van der Waals surface area contributed by atoms with Gasteiger partial charge in [-0.3, -0.25) is 0 Å². The Morgan fingerprint density at radius 2 is 1.50 bits per heavy atom. The number of allylic oxidation sites excluding steroid dienone is 3. The van der Waals surface area contributed by atoms with E-state index in [-0.39, 0.29) is 18.2 Å². The third kappa shape index (κ3) is 15.7. The predicted molar refractivity (Wildman–Crippen MR) is 77.2 cm³/mol. The Kier molecular flexibility index (Phi) is 15.5. The highest BCUT2D eigenvalue weighted by Gasteiger charge is 2.23. The van der Waals surface area contributed by atoms with Gasteiger partial charge in [-0.1, -0.05) is 12.2 Å². The van der Waals surface area contributed by atoms with Gasteiger partial charge in [0.1, 0.15) is 0 Å². The molecule has 0 aromatic heterocycles. The first-order chi connectivity index (χ1) is 6.54. The number of rotatable bonds is 6. The Morgan fingerprint density at radius 3 is 1.64 bits per heavy atom. The summed E-state index contributed by atoms with van der Waals surface area (Å²) in [6.07, 6.45) is 5.46. The van der Waals surface area contributed by atoms with Gasteiger partial charge in [0.2, 0.25) is 0 Å². The summed E-state index contributed by atoms with van der Waals surface area (Å²) < 4.78 is 1.21. The first kappa shape index (κ1) is 17.7. The lowest BCUT2D eigenvalue weighted by atomic mass is 10.7. The van der Waals surface area contributed by atoms with Gasteiger partial charge in [0, 0.05) is 0 Å². The molecule has 0 unspecified atom stereocenters. The van der Waals surface area contributed by atoms with Crippen LogP contribution in [-0.2, 0) is 0 Å². The lowest BCUT2D eigenvalue weighted by molar-refractivity contribution is 1.57. The first-order valence-corrected chi connectivity index (χ1v) is 13.6. The van der Waals surface area contributed by atoms with E-state index in [4.69, 9.17) is 22.2 Å². The Balaban J connectivity index is 0. The van der Waals surface area contributed by atoms with Crippen molar-refractivity contribution in [3.8, 4) is 0 Å². The third-order valence-corrected chi connectivity index (χ3v) is 6.82. The van der Waals surface area contributed by atoms with Gasteiger partial charge in [0.05, 0.1) is 0 Å². The zero-order chi connectivity index (χ0) is 11.4. The SMILES string of the molecule is C=CC[Si](Cl)(Cl)CC=C.C=C[CH2][Mg][Br]. The molecule has 0 spiro atoms. The van der Waals surface area contributed by atoms with E-state index in [0.29, 0.717) is 0 Å². The monoisotopic (exact) mass is 324 g/mol. The average Bonchev–Trinajstić information content (AvgIpc) is 2.06. The van der Waals surface area contributed by atoms with E-state index in [0.717, 1.165) is 12.1 Å². The molecule has 0 amide bonds. The molecule has 0 aromatic rings. The minimum Gasteiger partial charge on any atom is -0.306 e. The highest BCUT2D eigenvalue weighted by atomic mass is 79.9. The molecule has 0 atom stereocenters. The van der Waals surface area contributed by atoms with E-state index in [1.165, 1.54) is 4.55 Å². The van der Waals surface area contributed by atoms with Crippen molar-refractivity contribution in [3.63, 3.8) is 0 Å². The lowest BCUT2D eigenvalue weighted by Gasteiger charge is -2.09. The van der Waals surface area contributed by atoms with Gasteiger partial charge < -0.3 is 12.9 Å². The molecule has 0 aromatic carbocycles. The van der Waals surface area contributed by atoms with Crippen molar-refractivity contribution in [3.05, 3.63) is 38.0 Å². The molecule has 0 N–H and O–H groups in total. The molecule has 0 aliphatic carbocycles. The summed E-state index contributed by atoms with van der Waals surface area (Å²) in [5.74, 6) is 0. The molecule has 0 bridgehead atoms. The van der Waals surface area contributed by atoms with Crippen molar-refractivity contribution in [2.24, 2.45) is 0 Å². The molecule has 14 heavy (non-hydrogen) atoms. The van der Waals surface area contributed by atoms with E-state index in [2.05, 4.69) is 32.6 Å². The summed E-state index contributed by atoms with van der Waals surface area (Å²) in [4.78, 5) is 0. The summed E-state index contributed by atoms with van der Waals surface area (Å²) in [6.45, 7) is 8.68. The molecule has 78 valence electrons. The first-order valence-electron chi connectivity index (χ1n) is 4.30. The van der Waals surface area contributed by atoms with Gasteiger partial charge in [0.25, 0.3) is 6.69 Å². The Labute approximate surface area is 113 Å². The quantitative estimate of drug-likeness (QED) is 0.371. The second-order valence-corrected chi connectivity index (χ2v) is 13.4. The fourth-order valence-electron chi connectivity index (χ4n) is 0.583. The van der Waals surface area contributed by atoms with E-state index in [1.807, 2.05) is 6.08 Å². The molecular weight excluding hydrogens is 311 g/mol. The minimum absolute atomic E-state index is 0.108. The third-order valence-electron chi connectivity index (χ3n) is 1.20. The highest BCUT2D eigenvalue weighted by Crippen LogP contribution is 2.25. The second kappa shape index (κ2) is 12.3. The topological polar surface area (TPSA) is 0 Å². The summed E-state index contributed by atoms with van der Waals surface area (Å²) in [7, 11) is 0. The van der Waals surface area contributed by atoms with Crippen LogP contribution in [0.25, 0.3) is 0 Å². The largest absolute Gasteiger partial charge is 0.472 e. The van der Waals surface area contributed by atoms with Crippen LogP contribution in [0.2, 0.25) is 16.6 Å².